The molecule has 0 radical (unpaired) electrons. The minimum Gasteiger partial charge on any atom is -0.399 e. The van der Waals surface area contributed by atoms with E-state index in [1.807, 2.05) is 0 Å². The highest BCUT2D eigenvalue weighted by Crippen LogP contribution is 2.25. The fourth-order valence-corrected chi connectivity index (χ4v) is 3.68. The van der Waals surface area contributed by atoms with Gasteiger partial charge in [-0.2, -0.15) is 0 Å². The summed E-state index contributed by atoms with van der Waals surface area (Å²) in [5, 5.41) is 0. The Kier molecular flexibility index (Phi) is 4.80. The van der Waals surface area contributed by atoms with E-state index in [0.717, 1.165) is 29.3 Å². The van der Waals surface area contributed by atoms with E-state index in [2.05, 4.69) is 0 Å². The summed E-state index contributed by atoms with van der Waals surface area (Å²) in [5.74, 6) is -2.52. The highest BCUT2D eigenvalue weighted by Gasteiger charge is 2.29. The Balaban J connectivity index is 2.24. The van der Waals surface area contributed by atoms with E-state index in [4.69, 9.17) is 10.5 Å². The fourth-order valence-electron chi connectivity index (χ4n) is 2.33. The molecule has 0 amide bonds. The first-order valence-corrected chi connectivity index (χ1v) is 8.05. The van der Waals surface area contributed by atoms with Gasteiger partial charge in [-0.1, -0.05) is 0 Å². The molecule has 1 aliphatic heterocycles. The van der Waals surface area contributed by atoms with Crippen LogP contribution < -0.4 is 5.73 Å². The number of halogens is 2. The monoisotopic (exact) mass is 320 g/mol. The van der Waals surface area contributed by atoms with Gasteiger partial charge in [-0.05, 0) is 30.9 Å². The van der Waals surface area contributed by atoms with Gasteiger partial charge in [0.15, 0.2) is 11.6 Å². The van der Waals surface area contributed by atoms with Gasteiger partial charge in [0.1, 0.15) is 4.90 Å². The van der Waals surface area contributed by atoms with Crippen LogP contribution in [0, 0.1) is 17.6 Å². The maximum absolute atomic E-state index is 13.8. The van der Waals surface area contributed by atoms with Crippen molar-refractivity contribution in [3.63, 3.8) is 0 Å². The number of ether oxygens (including phenoxy) is 1. The summed E-state index contributed by atoms with van der Waals surface area (Å²) in [6.45, 7) is 1.40. The van der Waals surface area contributed by atoms with Crippen molar-refractivity contribution in [3.8, 4) is 0 Å². The Morgan fingerprint density at radius 2 is 1.95 bits per heavy atom. The lowest BCUT2D eigenvalue weighted by atomic mass is 10.0. The van der Waals surface area contributed by atoms with Gasteiger partial charge in [0, 0.05) is 32.5 Å². The summed E-state index contributed by atoms with van der Waals surface area (Å²) < 4.78 is 58.1. The first kappa shape index (κ1) is 16.1. The van der Waals surface area contributed by atoms with Crippen molar-refractivity contribution in [1.29, 1.82) is 0 Å². The highest BCUT2D eigenvalue weighted by atomic mass is 32.2. The zero-order valence-electron chi connectivity index (χ0n) is 11.7. The zero-order valence-corrected chi connectivity index (χ0v) is 12.5. The number of hydrogen-bond donors (Lipinski definition) is 1. The highest BCUT2D eigenvalue weighted by molar-refractivity contribution is 7.89. The number of benzene rings is 1. The number of nitrogens with zero attached hydrogens (tertiary/aromatic N) is 1. The van der Waals surface area contributed by atoms with E-state index in [-0.39, 0.29) is 18.2 Å². The number of rotatable bonds is 4. The molecule has 21 heavy (non-hydrogen) atoms. The van der Waals surface area contributed by atoms with Gasteiger partial charge in [-0.25, -0.2) is 21.5 Å². The summed E-state index contributed by atoms with van der Waals surface area (Å²) in [4.78, 5) is -0.727. The smallest absolute Gasteiger partial charge is 0.245 e. The third-order valence-electron chi connectivity index (χ3n) is 3.56. The molecule has 8 heteroatoms. The van der Waals surface area contributed by atoms with Gasteiger partial charge >= 0.3 is 0 Å². The average Bonchev–Trinajstić information content (AvgIpc) is 2.43. The van der Waals surface area contributed by atoms with Gasteiger partial charge in [-0.15, -0.1) is 0 Å². The first-order chi connectivity index (χ1) is 9.82. The van der Waals surface area contributed by atoms with Gasteiger partial charge < -0.3 is 10.5 Å². The van der Waals surface area contributed by atoms with Gasteiger partial charge in [0.25, 0.3) is 0 Å². The number of anilines is 1. The van der Waals surface area contributed by atoms with E-state index < -0.39 is 26.6 Å². The van der Waals surface area contributed by atoms with Crippen LogP contribution in [0.2, 0.25) is 0 Å². The Morgan fingerprint density at radius 1 is 1.33 bits per heavy atom. The van der Waals surface area contributed by atoms with Crippen molar-refractivity contribution in [1.82, 2.24) is 4.31 Å². The second-order valence-electron chi connectivity index (χ2n) is 5.16. The van der Waals surface area contributed by atoms with Crippen LogP contribution in [0.15, 0.2) is 17.0 Å². The van der Waals surface area contributed by atoms with Crippen LogP contribution in [0.5, 0.6) is 0 Å². The minimum absolute atomic E-state index is 0.132. The summed E-state index contributed by atoms with van der Waals surface area (Å²) in [5.41, 5.74) is 5.27. The van der Waals surface area contributed by atoms with Crippen LogP contribution in [0.4, 0.5) is 14.5 Å². The van der Waals surface area contributed by atoms with Crippen LogP contribution >= 0.6 is 0 Å². The molecule has 1 heterocycles. The van der Waals surface area contributed by atoms with Crippen LogP contribution in [0.3, 0.4) is 0 Å². The molecule has 0 aliphatic carbocycles. The molecular weight excluding hydrogens is 302 g/mol. The van der Waals surface area contributed by atoms with Crippen LogP contribution in [0.25, 0.3) is 0 Å². The largest absolute Gasteiger partial charge is 0.399 e. The van der Waals surface area contributed by atoms with E-state index in [9.17, 15) is 17.2 Å². The Hall–Kier alpha value is -1.25. The van der Waals surface area contributed by atoms with Crippen LogP contribution in [-0.4, -0.2) is 39.5 Å². The molecule has 1 saturated heterocycles. The second-order valence-corrected chi connectivity index (χ2v) is 7.17. The molecule has 0 bridgehead atoms. The van der Waals surface area contributed by atoms with Crippen molar-refractivity contribution in [3.05, 3.63) is 23.8 Å². The molecule has 1 aliphatic rings. The molecule has 2 N–H and O–H groups in total. The predicted octanol–water partition coefficient (Wildman–Crippen LogP) is 1.59. The van der Waals surface area contributed by atoms with E-state index in [1.54, 1.807) is 0 Å². The quantitative estimate of drug-likeness (QED) is 0.855. The third kappa shape index (κ3) is 3.50. The lowest BCUT2D eigenvalue weighted by Crippen LogP contribution is -2.34. The van der Waals surface area contributed by atoms with E-state index in [1.165, 1.54) is 7.05 Å². The second kappa shape index (κ2) is 6.25. The molecule has 118 valence electrons. The van der Waals surface area contributed by atoms with Gasteiger partial charge in [-0.3, -0.25) is 0 Å². The number of sulfonamides is 1. The first-order valence-electron chi connectivity index (χ1n) is 6.61. The zero-order chi connectivity index (χ0) is 15.6. The molecule has 1 fully saturated rings. The summed E-state index contributed by atoms with van der Waals surface area (Å²) >= 11 is 0. The predicted molar refractivity (Wildman–Crippen MR) is 74.1 cm³/mol. The molecule has 0 aromatic heterocycles. The standard InChI is InChI=1S/C13H18F2N2O3S/c1-17(8-9-2-4-20-5-3-9)21(18,19)12-7-10(16)6-11(14)13(12)15/h6-7,9H,2-5,8,16H2,1H3. The lowest BCUT2D eigenvalue weighted by molar-refractivity contribution is 0.0620. The third-order valence-corrected chi connectivity index (χ3v) is 5.38. The van der Waals surface area contributed by atoms with Crippen molar-refractivity contribution in [2.45, 2.75) is 17.7 Å². The molecule has 5 nitrogen and oxygen atoms in total. The maximum Gasteiger partial charge on any atom is 0.245 e. The summed E-state index contributed by atoms with van der Waals surface area (Å²) in [6.07, 6.45) is 1.49. The van der Waals surface area contributed by atoms with Gasteiger partial charge in [0.2, 0.25) is 10.0 Å². The Labute approximate surface area is 122 Å². The van der Waals surface area contributed by atoms with Crippen molar-refractivity contribution < 1.29 is 21.9 Å². The molecule has 2 rings (SSSR count). The summed E-state index contributed by atoms with van der Waals surface area (Å²) in [6, 6.07) is 1.70. The number of hydrogen-bond acceptors (Lipinski definition) is 4. The topological polar surface area (TPSA) is 72.6 Å². The normalized spacial score (nSPS) is 17.3. The van der Waals surface area contributed by atoms with Crippen LogP contribution in [0.1, 0.15) is 12.8 Å². The molecule has 0 unspecified atom stereocenters. The maximum atomic E-state index is 13.8. The molecule has 0 saturated carbocycles. The Bertz CT molecular complexity index is 616. The SMILES string of the molecule is CN(CC1CCOCC1)S(=O)(=O)c1cc(N)cc(F)c1F. The summed E-state index contributed by atoms with van der Waals surface area (Å²) in [7, 11) is -2.76. The Morgan fingerprint density at radius 3 is 2.57 bits per heavy atom. The fraction of sp³-hybridized carbons (Fsp3) is 0.538. The molecule has 0 atom stereocenters. The average molecular weight is 320 g/mol. The van der Waals surface area contributed by atoms with Crippen molar-refractivity contribution in [2.75, 3.05) is 32.5 Å². The molecule has 0 spiro atoms. The van der Waals surface area contributed by atoms with Crippen LogP contribution in [-0.2, 0) is 14.8 Å². The minimum atomic E-state index is -4.12. The molecule has 1 aromatic rings. The molecular formula is C13H18F2N2O3S. The number of nitrogens with two attached hydrogens (primary N) is 1. The molecule has 1 aromatic carbocycles. The van der Waals surface area contributed by atoms with Gasteiger partial charge in [0.05, 0.1) is 0 Å². The van der Waals surface area contributed by atoms with E-state index >= 15 is 0 Å². The van der Waals surface area contributed by atoms with Crippen molar-refractivity contribution in [2.24, 2.45) is 5.92 Å². The van der Waals surface area contributed by atoms with E-state index in [0.29, 0.717) is 13.2 Å². The number of nitrogen functional groups attached to an aromatic ring is 1. The lowest BCUT2D eigenvalue weighted by Gasteiger charge is -2.26. The van der Waals surface area contributed by atoms with Crippen molar-refractivity contribution >= 4 is 15.7 Å².